The molecule has 0 heterocycles. The Morgan fingerprint density at radius 1 is 0.667 bits per heavy atom. The SMILES string of the molecule is CCCCCCCCCCN(CCCCCCCCCC)c1ccccc1[N+](=O)[O-]. The van der Waals surface area contributed by atoms with E-state index in [-0.39, 0.29) is 10.6 Å². The van der Waals surface area contributed by atoms with Crippen LogP contribution in [0.15, 0.2) is 24.3 Å². The maximum atomic E-state index is 11.5. The third kappa shape index (κ3) is 12.2. The minimum Gasteiger partial charge on any atom is -0.366 e. The van der Waals surface area contributed by atoms with Crippen molar-refractivity contribution in [3.8, 4) is 0 Å². The first-order valence-corrected chi connectivity index (χ1v) is 12.7. The van der Waals surface area contributed by atoms with E-state index in [4.69, 9.17) is 0 Å². The van der Waals surface area contributed by atoms with Gasteiger partial charge in [-0.2, -0.15) is 0 Å². The molecule has 0 aliphatic carbocycles. The molecular formula is C26H46N2O2. The first-order valence-electron chi connectivity index (χ1n) is 12.7. The molecule has 0 spiro atoms. The van der Waals surface area contributed by atoms with Crippen molar-refractivity contribution in [2.24, 2.45) is 0 Å². The van der Waals surface area contributed by atoms with Crippen LogP contribution in [-0.2, 0) is 0 Å². The van der Waals surface area contributed by atoms with Gasteiger partial charge in [-0.25, -0.2) is 0 Å². The summed E-state index contributed by atoms with van der Waals surface area (Å²) in [7, 11) is 0. The first-order chi connectivity index (χ1) is 14.7. The summed E-state index contributed by atoms with van der Waals surface area (Å²) >= 11 is 0. The second kappa shape index (κ2) is 18.2. The summed E-state index contributed by atoms with van der Waals surface area (Å²) in [5, 5.41) is 11.5. The lowest BCUT2D eigenvalue weighted by atomic mass is 10.1. The molecule has 0 atom stereocenters. The highest BCUT2D eigenvalue weighted by molar-refractivity contribution is 5.63. The molecule has 0 fully saturated rings. The van der Waals surface area contributed by atoms with E-state index in [0.29, 0.717) is 0 Å². The summed E-state index contributed by atoms with van der Waals surface area (Å²) in [5.74, 6) is 0. The fourth-order valence-corrected chi connectivity index (χ4v) is 4.11. The first kappa shape index (κ1) is 26.5. The van der Waals surface area contributed by atoms with Gasteiger partial charge in [0.1, 0.15) is 5.69 Å². The van der Waals surface area contributed by atoms with E-state index in [1.807, 2.05) is 12.1 Å². The summed E-state index contributed by atoms with van der Waals surface area (Å²) in [6.07, 6.45) is 20.6. The van der Waals surface area contributed by atoms with E-state index in [2.05, 4.69) is 18.7 Å². The molecule has 1 rings (SSSR count). The van der Waals surface area contributed by atoms with Crippen molar-refractivity contribution < 1.29 is 4.92 Å². The minimum atomic E-state index is -0.232. The standard InChI is InChI=1S/C26H46N2O2/c1-3-5-7-9-11-13-15-19-23-27(24-20-16-14-12-10-8-6-4-2)25-21-17-18-22-26(25)28(29)30/h17-18,21-22H,3-16,19-20,23-24H2,1-2H3. The van der Waals surface area contributed by atoms with Crippen LogP contribution in [0.4, 0.5) is 11.4 Å². The van der Waals surface area contributed by atoms with Gasteiger partial charge in [0.25, 0.3) is 5.69 Å². The third-order valence-electron chi connectivity index (χ3n) is 5.98. The Balaban J connectivity index is 2.44. The van der Waals surface area contributed by atoms with Gasteiger partial charge in [-0.05, 0) is 18.9 Å². The molecule has 0 amide bonds. The van der Waals surface area contributed by atoms with Crippen molar-refractivity contribution >= 4 is 11.4 Å². The molecule has 0 N–H and O–H groups in total. The van der Waals surface area contributed by atoms with Crippen LogP contribution in [0.2, 0.25) is 0 Å². The van der Waals surface area contributed by atoms with E-state index < -0.39 is 0 Å². The molecule has 0 bridgehead atoms. The predicted octanol–water partition coefficient (Wildman–Crippen LogP) is 8.68. The van der Waals surface area contributed by atoms with Crippen LogP contribution in [0.5, 0.6) is 0 Å². The number of hydrogen-bond donors (Lipinski definition) is 0. The molecule has 1 aromatic carbocycles. The van der Waals surface area contributed by atoms with Crippen LogP contribution in [0, 0.1) is 10.1 Å². The van der Waals surface area contributed by atoms with Crippen molar-refractivity contribution in [2.75, 3.05) is 18.0 Å². The number of hydrogen-bond acceptors (Lipinski definition) is 3. The van der Waals surface area contributed by atoms with Gasteiger partial charge in [0.05, 0.1) is 4.92 Å². The number of unbranched alkanes of at least 4 members (excludes halogenated alkanes) is 14. The Bertz CT molecular complexity index is 528. The van der Waals surface area contributed by atoms with Gasteiger partial charge < -0.3 is 4.90 Å². The Morgan fingerprint density at radius 3 is 1.50 bits per heavy atom. The number of nitro benzene ring substituents is 1. The van der Waals surface area contributed by atoms with Crippen LogP contribution in [0.3, 0.4) is 0 Å². The molecule has 30 heavy (non-hydrogen) atoms. The fraction of sp³-hybridized carbons (Fsp3) is 0.769. The molecule has 0 aromatic heterocycles. The van der Waals surface area contributed by atoms with Gasteiger partial charge in [0.15, 0.2) is 0 Å². The Morgan fingerprint density at radius 2 is 1.07 bits per heavy atom. The van der Waals surface area contributed by atoms with Crippen molar-refractivity contribution in [3.05, 3.63) is 34.4 Å². The number of anilines is 1. The molecule has 0 unspecified atom stereocenters. The Hall–Kier alpha value is -1.58. The van der Waals surface area contributed by atoms with Gasteiger partial charge >= 0.3 is 0 Å². The van der Waals surface area contributed by atoms with Crippen molar-refractivity contribution in [3.63, 3.8) is 0 Å². The molecule has 0 saturated carbocycles. The van der Waals surface area contributed by atoms with Crippen LogP contribution < -0.4 is 4.90 Å². The highest BCUT2D eigenvalue weighted by Crippen LogP contribution is 2.28. The lowest BCUT2D eigenvalue weighted by Gasteiger charge is -2.24. The molecule has 4 heteroatoms. The maximum Gasteiger partial charge on any atom is 0.292 e. The van der Waals surface area contributed by atoms with E-state index in [0.717, 1.165) is 31.6 Å². The van der Waals surface area contributed by atoms with Crippen LogP contribution >= 0.6 is 0 Å². The molecule has 0 aliphatic rings. The number of nitro groups is 1. The zero-order valence-electron chi connectivity index (χ0n) is 19.7. The zero-order valence-corrected chi connectivity index (χ0v) is 19.7. The second-order valence-corrected chi connectivity index (χ2v) is 8.68. The molecule has 172 valence electrons. The lowest BCUT2D eigenvalue weighted by molar-refractivity contribution is -0.384. The smallest absolute Gasteiger partial charge is 0.292 e. The van der Waals surface area contributed by atoms with Crippen LogP contribution in [-0.4, -0.2) is 18.0 Å². The van der Waals surface area contributed by atoms with Gasteiger partial charge in [-0.1, -0.05) is 116 Å². The number of benzene rings is 1. The van der Waals surface area contributed by atoms with Gasteiger partial charge in [0.2, 0.25) is 0 Å². The summed E-state index contributed by atoms with van der Waals surface area (Å²) < 4.78 is 0. The number of rotatable bonds is 20. The second-order valence-electron chi connectivity index (χ2n) is 8.68. The molecule has 0 aliphatic heterocycles. The number of nitrogens with zero attached hydrogens (tertiary/aromatic N) is 2. The minimum absolute atomic E-state index is 0.232. The molecule has 0 radical (unpaired) electrons. The predicted molar refractivity (Wildman–Crippen MR) is 131 cm³/mol. The zero-order chi connectivity index (χ0) is 21.9. The van der Waals surface area contributed by atoms with Crippen LogP contribution in [0.25, 0.3) is 0 Å². The van der Waals surface area contributed by atoms with E-state index >= 15 is 0 Å². The summed E-state index contributed by atoms with van der Waals surface area (Å²) in [4.78, 5) is 13.5. The molecule has 1 aromatic rings. The third-order valence-corrected chi connectivity index (χ3v) is 5.98. The highest BCUT2D eigenvalue weighted by atomic mass is 16.6. The van der Waals surface area contributed by atoms with Crippen molar-refractivity contribution in [1.82, 2.24) is 0 Å². The summed E-state index contributed by atoms with van der Waals surface area (Å²) in [5.41, 5.74) is 1.05. The maximum absolute atomic E-state index is 11.5. The monoisotopic (exact) mass is 418 g/mol. The van der Waals surface area contributed by atoms with E-state index in [1.54, 1.807) is 12.1 Å². The molecule has 0 saturated heterocycles. The quantitative estimate of drug-likeness (QED) is 0.121. The summed E-state index contributed by atoms with van der Waals surface area (Å²) in [6.45, 7) is 6.36. The topological polar surface area (TPSA) is 46.4 Å². The Kier molecular flexibility index (Phi) is 16.1. The van der Waals surface area contributed by atoms with Gasteiger partial charge in [-0.3, -0.25) is 10.1 Å². The highest BCUT2D eigenvalue weighted by Gasteiger charge is 2.18. The van der Waals surface area contributed by atoms with Crippen LogP contribution in [0.1, 0.15) is 117 Å². The van der Waals surface area contributed by atoms with Gasteiger partial charge in [0, 0.05) is 19.2 Å². The van der Waals surface area contributed by atoms with Crippen molar-refractivity contribution in [2.45, 2.75) is 117 Å². The Labute approximate surface area is 185 Å². The summed E-state index contributed by atoms with van der Waals surface area (Å²) in [6, 6.07) is 7.26. The largest absolute Gasteiger partial charge is 0.366 e. The average Bonchev–Trinajstić information content (AvgIpc) is 2.76. The van der Waals surface area contributed by atoms with E-state index in [9.17, 15) is 10.1 Å². The lowest BCUT2D eigenvalue weighted by Crippen LogP contribution is -2.26. The average molecular weight is 419 g/mol. The van der Waals surface area contributed by atoms with Gasteiger partial charge in [-0.15, -0.1) is 0 Å². The molecule has 4 nitrogen and oxygen atoms in total. The number of para-hydroxylation sites is 2. The molecular weight excluding hydrogens is 372 g/mol. The fourth-order valence-electron chi connectivity index (χ4n) is 4.11. The normalized spacial score (nSPS) is 11.0. The van der Waals surface area contributed by atoms with Crippen molar-refractivity contribution in [1.29, 1.82) is 0 Å². The van der Waals surface area contributed by atoms with E-state index in [1.165, 1.54) is 89.9 Å².